The van der Waals surface area contributed by atoms with Crippen molar-refractivity contribution in [2.75, 3.05) is 26.4 Å². The summed E-state index contributed by atoms with van der Waals surface area (Å²) in [6, 6.07) is 12.0. The first-order valence-corrected chi connectivity index (χ1v) is 10.8. The molecule has 0 radical (unpaired) electrons. The smallest absolute Gasteiger partial charge is 0.416 e. The molecule has 0 atom stereocenters. The first-order chi connectivity index (χ1) is 15.9. The zero-order valence-electron chi connectivity index (χ0n) is 18.1. The van der Waals surface area contributed by atoms with Gasteiger partial charge in [0.15, 0.2) is 6.61 Å². The Bertz CT molecular complexity index is 893. The van der Waals surface area contributed by atoms with Crippen molar-refractivity contribution in [1.82, 2.24) is 5.32 Å². The summed E-state index contributed by atoms with van der Waals surface area (Å²) < 4.78 is 48.5. The molecule has 0 unspecified atom stereocenters. The van der Waals surface area contributed by atoms with Gasteiger partial charge in [-0.2, -0.15) is 13.2 Å². The van der Waals surface area contributed by atoms with E-state index in [1.165, 1.54) is 12.1 Å². The number of nitrogens with zero attached hydrogens (tertiary/aromatic N) is 1. The van der Waals surface area contributed by atoms with Crippen molar-refractivity contribution in [1.29, 1.82) is 0 Å². The van der Waals surface area contributed by atoms with Gasteiger partial charge in [-0.05, 0) is 54.2 Å². The van der Waals surface area contributed by atoms with E-state index in [-0.39, 0.29) is 19.1 Å². The van der Waals surface area contributed by atoms with Gasteiger partial charge in [-0.1, -0.05) is 29.4 Å². The predicted octanol–water partition coefficient (Wildman–Crippen LogP) is 4.37. The minimum absolute atomic E-state index is 0.0399. The molecule has 1 aliphatic heterocycles. The summed E-state index contributed by atoms with van der Waals surface area (Å²) in [7, 11) is 0. The van der Waals surface area contributed by atoms with E-state index < -0.39 is 11.7 Å². The average molecular weight is 464 g/mol. The van der Waals surface area contributed by atoms with E-state index in [1.54, 1.807) is 18.3 Å². The summed E-state index contributed by atoms with van der Waals surface area (Å²) in [6.45, 7) is 2.18. The van der Waals surface area contributed by atoms with Crippen molar-refractivity contribution in [2.24, 2.45) is 11.1 Å². The van der Waals surface area contributed by atoms with Crippen molar-refractivity contribution in [3.05, 3.63) is 65.2 Å². The van der Waals surface area contributed by atoms with Crippen LogP contribution in [0, 0.1) is 5.92 Å². The Balaban J connectivity index is 1.32. The van der Waals surface area contributed by atoms with Gasteiger partial charge in [0.05, 0.1) is 5.56 Å². The highest BCUT2D eigenvalue weighted by Gasteiger charge is 2.29. The van der Waals surface area contributed by atoms with Gasteiger partial charge >= 0.3 is 6.18 Å². The number of oxime groups is 1. The molecule has 1 N–H and O–H groups in total. The molecule has 0 aliphatic carbocycles. The lowest BCUT2D eigenvalue weighted by Gasteiger charge is -2.22. The highest BCUT2D eigenvalue weighted by molar-refractivity contribution is 5.77. The molecule has 9 heteroatoms. The monoisotopic (exact) mass is 464 g/mol. The van der Waals surface area contributed by atoms with Crippen LogP contribution in [-0.4, -0.2) is 38.5 Å². The fourth-order valence-electron chi connectivity index (χ4n) is 3.23. The van der Waals surface area contributed by atoms with Crippen LogP contribution in [0.5, 0.6) is 5.75 Å². The highest BCUT2D eigenvalue weighted by Crippen LogP contribution is 2.29. The fraction of sp³-hybridized carbons (Fsp3) is 0.417. The molecule has 2 aromatic carbocycles. The van der Waals surface area contributed by atoms with E-state index >= 15 is 0 Å². The van der Waals surface area contributed by atoms with Crippen molar-refractivity contribution < 1.29 is 32.3 Å². The third-order valence-corrected chi connectivity index (χ3v) is 5.21. The number of nitrogens with one attached hydrogen (secondary N) is 1. The number of hydrogen-bond donors (Lipinski definition) is 1. The van der Waals surface area contributed by atoms with Gasteiger partial charge in [0.2, 0.25) is 0 Å². The zero-order chi connectivity index (χ0) is 23.5. The third kappa shape index (κ3) is 8.76. The minimum Gasteiger partial charge on any atom is -0.484 e. The first-order valence-electron chi connectivity index (χ1n) is 10.8. The summed E-state index contributed by atoms with van der Waals surface area (Å²) in [4.78, 5) is 17.1. The van der Waals surface area contributed by atoms with E-state index in [4.69, 9.17) is 14.3 Å². The molecule has 0 aromatic heterocycles. The lowest BCUT2D eigenvalue weighted by molar-refractivity contribution is -0.137. The van der Waals surface area contributed by atoms with Crippen molar-refractivity contribution in [3.63, 3.8) is 0 Å². The van der Waals surface area contributed by atoms with Gasteiger partial charge in [0, 0.05) is 32.4 Å². The maximum atomic E-state index is 12.5. The Kier molecular flexibility index (Phi) is 9.12. The lowest BCUT2D eigenvalue weighted by Crippen LogP contribution is -2.35. The Hall–Kier alpha value is -3.07. The highest BCUT2D eigenvalue weighted by atomic mass is 19.4. The third-order valence-electron chi connectivity index (χ3n) is 5.21. The minimum atomic E-state index is -4.35. The van der Waals surface area contributed by atoms with Gasteiger partial charge in [-0.3, -0.25) is 4.79 Å². The Labute approximate surface area is 190 Å². The Morgan fingerprint density at radius 2 is 1.73 bits per heavy atom. The summed E-state index contributed by atoms with van der Waals surface area (Å²) >= 11 is 0. The summed E-state index contributed by atoms with van der Waals surface area (Å²) in [5, 5.41) is 6.73. The fourth-order valence-corrected chi connectivity index (χ4v) is 3.23. The van der Waals surface area contributed by atoms with Gasteiger partial charge in [0.25, 0.3) is 5.91 Å². The number of hydrogen-bond acceptors (Lipinski definition) is 5. The van der Waals surface area contributed by atoms with E-state index in [2.05, 4.69) is 10.5 Å². The number of carbonyl (C=O) groups excluding carboxylic acids is 1. The first kappa shape index (κ1) is 24.6. The molecule has 2 aromatic rings. The second-order valence-electron chi connectivity index (χ2n) is 7.75. The van der Waals surface area contributed by atoms with Gasteiger partial charge in [-0.15, -0.1) is 0 Å². The molecule has 1 fully saturated rings. The molecule has 0 spiro atoms. The topological polar surface area (TPSA) is 69.2 Å². The van der Waals surface area contributed by atoms with Crippen LogP contribution in [0.3, 0.4) is 0 Å². The Morgan fingerprint density at radius 3 is 2.39 bits per heavy atom. The molecular weight excluding hydrogens is 437 g/mol. The van der Waals surface area contributed by atoms with Crippen LogP contribution in [0.4, 0.5) is 13.2 Å². The van der Waals surface area contributed by atoms with Crippen LogP contribution in [0.15, 0.2) is 53.7 Å². The number of carbonyl (C=O) groups is 1. The van der Waals surface area contributed by atoms with Gasteiger partial charge < -0.3 is 19.6 Å². The molecule has 0 saturated carbocycles. The van der Waals surface area contributed by atoms with Crippen LogP contribution < -0.4 is 10.1 Å². The molecule has 33 heavy (non-hydrogen) atoms. The van der Waals surface area contributed by atoms with E-state index in [0.717, 1.165) is 43.8 Å². The molecule has 6 nitrogen and oxygen atoms in total. The zero-order valence-corrected chi connectivity index (χ0v) is 18.1. The molecule has 1 saturated heterocycles. The number of halogens is 3. The van der Waals surface area contributed by atoms with Crippen molar-refractivity contribution >= 4 is 12.1 Å². The van der Waals surface area contributed by atoms with Gasteiger partial charge in [-0.25, -0.2) is 0 Å². The molecule has 3 rings (SSSR count). The largest absolute Gasteiger partial charge is 0.484 e. The molecular formula is C24H27F3N2O4. The molecule has 178 valence electrons. The summed E-state index contributed by atoms with van der Waals surface area (Å²) in [6.07, 6.45) is -0.337. The lowest BCUT2D eigenvalue weighted by atomic mass is 10.0. The number of benzene rings is 2. The van der Waals surface area contributed by atoms with Crippen LogP contribution in [0.1, 0.15) is 29.5 Å². The molecule has 1 amide bonds. The quantitative estimate of drug-likeness (QED) is 0.419. The van der Waals surface area contributed by atoms with Crippen molar-refractivity contribution in [2.45, 2.75) is 32.0 Å². The Morgan fingerprint density at radius 1 is 1.06 bits per heavy atom. The standard InChI is InChI=1S/C24H27F3N2O4/c25-24(26,27)21-5-1-20(2-6-21)16-33-29-12-9-18-3-7-22(8-4-18)32-17-23(30)28-15-19-10-13-31-14-11-19/h1-8,12,19H,9-11,13-17H2,(H,28,30). The summed E-state index contributed by atoms with van der Waals surface area (Å²) in [5.74, 6) is 0.904. The van der Waals surface area contributed by atoms with Gasteiger partial charge in [0.1, 0.15) is 12.4 Å². The van der Waals surface area contributed by atoms with E-state index in [1.807, 2.05) is 12.1 Å². The normalized spacial score (nSPS) is 14.9. The average Bonchev–Trinajstić information content (AvgIpc) is 2.82. The summed E-state index contributed by atoms with van der Waals surface area (Å²) in [5.41, 5.74) is 0.865. The van der Waals surface area contributed by atoms with Crippen LogP contribution >= 0.6 is 0 Å². The second kappa shape index (κ2) is 12.2. The maximum absolute atomic E-state index is 12.5. The number of alkyl halides is 3. The molecule has 1 heterocycles. The van der Waals surface area contributed by atoms with E-state index in [9.17, 15) is 18.0 Å². The van der Waals surface area contributed by atoms with E-state index in [0.29, 0.717) is 30.2 Å². The van der Waals surface area contributed by atoms with Crippen LogP contribution in [-0.2, 0) is 33.6 Å². The molecule has 1 aliphatic rings. The van der Waals surface area contributed by atoms with Crippen molar-refractivity contribution in [3.8, 4) is 5.75 Å². The van der Waals surface area contributed by atoms with Crippen LogP contribution in [0.25, 0.3) is 0 Å². The number of amides is 1. The number of rotatable bonds is 10. The maximum Gasteiger partial charge on any atom is 0.416 e. The second-order valence-corrected chi connectivity index (χ2v) is 7.75. The number of ether oxygens (including phenoxy) is 2. The molecule has 0 bridgehead atoms. The predicted molar refractivity (Wildman–Crippen MR) is 117 cm³/mol. The van der Waals surface area contributed by atoms with Crippen LogP contribution in [0.2, 0.25) is 0 Å². The SMILES string of the molecule is O=C(COc1ccc(CC=NOCc2ccc(C(F)(F)F)cc2)cc1)NCC1CCOCC1.